The zero-order valence-corrected chi connectivity index (χ0v) is 23.3. The summed E-state index contributed by atoms with van der Waals surface area (Å²) >= 11 is 12.3. The summed E-state index contributed by atoms with van der Waals surface area (Å²) in [5, 5.41) is 8.66. The maximum Gasteiger partial charge on any atom is 0.297 e. The maximum atomic E-state index is 13.6. The van der Waals surface area contributed by atoms with Gasteiger partial charge in [-0.05, 0) is 54.6 Å². The Hall–Kier alpha value is -5.32. The number of nitrogens with zero attached hydrogens (tertiary/aromatic N) is 6. The SMILES string of the molecule is O=C1C(=Cc2ccccn2)N=C(c2ccccc2)N1Nc1nc(Nc2cccc(Cl)c2)nc(Nc2cccc(Cl)c2)n1. The molecule has 0 bridgehead atoms. The Balaban J connectivity index is 1.37. The highest BCUT2D eigenvalue weighted by molar-refractivity contribution is 6.31. The van der Waals surface area contributed by atoms with E-state index in [-0.39, 0.29) is 23.5 Å². The van der Waals surface area contributed by atoms with Gasteiger partial charge in [0.25, 0.3) is 5.91 Å². The molecule has 0 saturated heterocycles. The molecule has 42 heavy (non-hydrogen) atoms. The number of aliphatic imine (C=N–C) groups is 1. The minimum absolute atomic E-state index is 0.0788. The lowest BCUT2D eigenvalue weighted by Gasteiger charge is -2.20. The van der Waals surface area contributed by atoms with Crippen molar-refractivity contribution in [3.05, 3.63) is 130 Å². The zero-order valence-electron chi connectivity index (χ0n) is 21.7. The lowest BCUT2D eigenvalue weighted by atomic mass is 10.2. The maximum absolute atomic E-state index is 13.6. The lowest BCUT2D eigenvalue weighted by Crippen LogP contribution is -2.38. The molecule has 5 aromatic rings. The number of anilines is 5. The highest BCUT2D eigenvalue weighted by atomic mass is 35.5. The van der Waals surface area contributed by atoms with E-state index in [1.54, 1.807) is 60.8 Å². The summed E-state index contributed by atoms with van der Waals surface area (Å²) in [5.41, 5.74) is 5.87. The molecule has 206 valence electrons. The number of carbonyl (C=O) groups is 1. The molecule has 6 rings (SSSR count). The number of aromatic nitrogens is 4. The van der Waals surface area contributed by atoms with Crippen molar-refractivity contribution < 1.29 is 4.79 Å². The van der Waals surface area contributed by atoms with E-state index in [9.17, 15) is 4.79 Å². The first-order valence-corrected chi connectivity index (χ1v) is 13.4. The summed E-state index contributed by atoms with van der Waals surface area (Å²) in [4.78, 5) is 36.1. The number of carbonyl (C=O) groups excluding carboxylic acids is 1. The van der Waals surface area contributed by atoms with Crippen molar-refractivity contribution in [2.24, 2.45) is 4.99 Å². The predicted octanol–water partition coefficient (Wildman–Crippen LogP) is 6.72. The number of amides is 1. The molecule has 3 N–H and O–H groups in total. The molecule has 0 saturated carbocycles. The molecule has 0 atom stereocenters. The first-order chi connectivity index (χ1) is 20.5. The lowest BCUT2D eigenvalue weighted by molar-refractivity contribution is -0.121. The van der Waals surface area contributed by atoms with Crippen molar-refractivity contribution >= 4 is 70.2 Å². The molecule has 1 aliphatic heterocycles. The van der Waals surface area contributed by atoms with Crippen molar-refractivity contribution in [1.29, 1.82) is 0 Å². The molecule has 10 nitrogen and oxygen atoms in total. The fourth-order valence-electron chi connectivity index (χ4n) is 4.03. The van der Waals surface area contributed by atoms with Crippen LogP contribution in [0.1, 0.15) is 11.3 Å². The van der Waals surface area contributed by atoms with Gasteiger partial charge in [0.05, 0.1) is 5.69 Å². The second-order valence-electron chi connectivity index (χ2n) is 8.91. The Labute approximate surface area is 250 Å². The molecular formula is C30H21Cl2N9O. The van der Waals surface area contributed by atoms with Crippen LogP contribution in [0.15, 0.2) is 114 Å². The van der Waals surface area contributed by atoms with Crippen molar-refractivity contribution in [2.75, 3.05) is 16.1 Å². The number of halogens is 2. The number of rotatable bonds is 8. The van der Waals surface area contributed by atoms with Gasteiger partial charge in [0.1, 0.15) is 5.70 Å². The molecule has 3 aromatic carbocycles. The summed E-state index contributed by atoms with van der Waals surface area (Å²) in [6, 6.07) is 29.0. The minimum Gasteiger partial charge on any atom is -0.324 e. The molecule has 0 unspecified atom stereocenters. The van der Waals surface area contributed by atoms with Crippen molar-refractivity contribution in [3.63, 3.8) is 0 Å². The first kappa shape index (κ1) is 26.9. The quantitative estimate of drug-likeness (QED) is 0.170. The van der Waals surface area contributed by atoms with Gasteiger partial charge in [-0.15, -0.1) is 0 Å². The van der Waals surface area contributed by atoms with Gasteiger partial charge in [-0.3, -0.25) is 15.2 Å². The minimum atomic E-state index is -0.409. The highest BCUT2D eigenvalue weighted by Gasteiger charge is 2.32. The fourth-order valence-corrected chi connectivity index (χ4v) is 4.41. The average Bonchev–Trinajstić information content (AvgIpc) is 3.28. The molecule has 1 aliphatic rings. The van der Waals surface area contributed by atoms with Crippen LogP contribution in [0.5, 0.6) is 0 Å². The molecule has 2 aromatic heterocycles. The molecule has 12 heteroatoms. The van der Waals surface area contributed by atoms with Crippen LogP contribution in [0, 0.1) is 0 Å². The molecule has 0 radical (unpaired) electrons. The Morgan fingerprint density at radius 2 is 1.31 bits per heavy atom. The second-order valence-corrected chi connectivity index (χ2v) is 9.79. The van der Waals surface area contributed by atoms with E-state index in [1.165, 1.54) is 5.01 Å². The van der Waals surface area contributed by atoms with Gasteiger partial charge < -0.3 is 10.6 Å². The number of amidine groups is 1. The average molecular weight is 594 g/mol. The van der Waals surface area contributed by atoms with E-state index < -0.39 is 5.91 Å². The van der Waals surface area contributed by atoms with Crippen LogP contribution in [-0.4, -0.2) is 36.7 Å². The number of hydrogen-bond donors (Lipinski definition) is 3. The van der Waals surface area contributed by atoms with Crippen LogP contribution in [0.25, 0.3) is 6.08 Å². The summed E-state index contributed by atoms with van der Waals surface area (Å²) in [6.07, 6.45) is 3.27. The highest BCUT2D eigenvalue weighted by Crippen LogP contribution is 2.25. The van der Waals surface area contributed by atoms with Gasteiger partial charge in [-0.25, -0.2) is 4.99 Å². The van der Waals surface area contributed by atoms with E-state index >= 15 is 0 Å². The molecule has 0 aliphatic carbocycles. The molecule has 0 spiro atoms. The van der Waals surface area contributed by atoms with Gasteiger partial charge in [0.15, 0.2) is 5.84 Å². The van der Waals surface area contributed by atoms with Crippen LogP contribution in [0.4, 0.5) is 29.2 Å². The number of pyridine rings is 1. The third-order valence-corrected chi connectivity index (χ3v) is 6.34. The first-order valence-electron chi connectivity index (χ1n) is 12.7. The zero-order chi connectivity index (χ0) is 28.9. The third-order valence-electron chi connectivity index (χ3n) is 5.87. The van der Waals surface area contributed by atoms with Gasteiger partial charge in [0.2, 0.25) is 17.8 Å². The van der Waals surface area contributed by atoms with Crippen molar-refractivity contribution in [3.8, 4) is 0 Å². The van der Waals surface area contributed by atoms with E-state index in [0.717, 1.165) is 0 Å². The summed E-state index contributed by atoms with van der Waals surface area (Å²) in [7, 11) is 0. The molecule has 3 heterocycles. The second kappa shape index (κ2) is 12.0. The Morgan fingerprint density at radius 3 is 1.90 bits per heavy atom. The van der Waals surface area contributed by atoms with E-state index in [1.807, 2.05) is 48.5 Å². The van der Waals surface area contributed by atoms with E-state index in [0.29, 0.717) is 38.5 Å². The third kappa shape index (κ3) is 6.35. The molecule has 0 fully saturated rings. The van der Waals surface area contributed by atoms with Crippen LogP contribution < -0.4 is 16.1 Å². The van der Waals surface area contributed by atoms with Gasteiger partial charge in [0, 0.05) is 33.2 Å². The molecule has 1 amide bonds. The number of nitrogens with one attached hydrogen (secondary N) is 3. The number of hydrogen-bond acceptors (Lipinski definition) is 9. The van der Waals surface area contributed by atoms with Crippen molar-refractivity contribution in [1.82, 2.24) is 24.9 Å². The van der Waals surface area contributed by atoms with Crippen LogP contribution >= 0.6 is 23.2 Å². The number of hydrazine groups is 1. The summed E-state index contributed by atoms with van der Waals surface area (Å²) in [6.45, 7) is 0. The predicted molar refractivity (Wildman–Crippen MR) is 165 cm³/mol. The topological polar surface area (TPSA) is 120 Å². The summed E-state index contributed by atoms with van der Waals surface area (Å²) in [5.74, 6) is 0.447. The van der Waals surface area contributed by atoms with Gasteiger partial charge >= 0.3 is 0 Å². The van der Waals surface area contributed by atoms with Crippen molar-refractivity contribution in [2.45, 2.75) is 0 Å². The fraction of sp³-hybridized carbons (Fsp3) is 0. The van der Waals surface area contributed by atoms with Crippen LogP contribution in [0.2, 0.25) is 10.0 Å². The Kier molecular flexibility index (Phi) is 7.71. The van der Waals surface area contributed by atoms with Gasteiger partial charge in [-0.2, -0.15) is 20.0 Å². The molecular weight excluding hydrogens is 573 g/mol. The van der Waals surface area contributed by atoms with Crippen LogP contribution in [-0.2, 0) is 4.79 Å². The smallest absolute Gasteiger partial charge is 0.297 e. The van der Waals surface area contributed by atoms with E-state index in [2.05, 4.69) is 41.0 Å². The van der Waals surface area contributed by atoms with Gasteiger partial charge in [-0.1, -0.05) is 71.7 Å². The summed E-state index contributed by atoms with van der Waals surface area (Å²) < 4.78 is 0. The van der Waals surface area contributed by atoms with Crippen LogP contribution in [0.3, 0.4) is 0 Å². The largest absolute Gasteiger partial charge is 0.324 e. The Bertz CT molecular complexity index is 1750. The monoisotopic (exact) mass is 593 g/mol. The Morgan fingerprint density at radius 1 is 0.690 bits per heavy atom. The van der Waals surface area contributed by atoms with E-state index in [4.69, 9.17) is 23.2 Å². The standard InChI is InChI=1S/C30H21Cl2N9O/c31-20-10-6-13-23(16-20)34-28-37-29(35-24-14-7-11-21(32)17-24)39-30(38-28)40-41-26(19-8-2-1-3-9-19)36-25(27(41)42)18-22-12-4-5-15-33-22/h1-18H,(H3,34,35,37,38,39,40). The number of benzene rings is 3. The normalized spacial score (nSPS) is 13.7.